The minimum Gasteiger partial charge on any atom is -0.399 e. The van der Waals surface area contributed by atoms with Crippen LogP contribution in [0.2, 0.25) is 0 Å². The van der Waals surface area contributed by atoms with E-state index in [0.717, 1.165) is 18.8 Å². The average Bonchev–Trinajstić information content (AvgIpc) is 2.34. The number of halogens is 1. The predicted molar refractivity (Wildman–Crippen MR) is 77.8 cm³/mol. The quantitative estimate of drug-likeness (QED) is 0.830. The van der Waals surface area contributed by atoms with Crippen molar-refractivity contribution in [2.24, 2.45) is 0 Å². The zero-order chi connectivity index (χ0) is 13.8. The van der Waals surface area contributed by atoms with E-state index in [1.54, 1.807) is 0 Å². The van der Waals surface area contributed by atoms with Crippen LogP contribution < -0.4 is 11.1 Å². The van der Waals surface area contributed by atoms with E-state index in [9.17, 15) is 9.18 Å². The number of hydrogen-bond donors (Lipinski definition) is 2. The van der Waals surface area contributed by atoms with Crippen molar-refractivity contribution in [2.75, 3.05) is 36.4 Å². The topological polar surface area (TPSA) is 58.4 Å². The number of amides is 1. The summed E-state index contributed by atoms with van der Waals surface area (Å²) in [5.41, 5.74) is 6.15. The molecule has 1 unspecified atom stereocenters. The van der Waals surface area contributed by atoms with Gasteiger partial charge in [-0.05, 0) is 18.2 Å². The number of hydrogen-bond acceptors (Lipinski definition) is 4. The maximum Gasteiger partial charge on any atom is 0.238 e. The number of anilines is 2. The molecule has 0 spiro atoms. The van der Waals surface area contributed by atoms with Crippen molar-refractivity contribution in [3.05, 3.63) is 24.0 Å². The Morgan fingerprint density at radius 1 is 1.63 bits per heavy atom. The van der Waals surface area contributed by atoms with Crippen LogP contribution in [0.3, 0.4) is 0 Å². The number of nitrogen functional groups attached to an aromatic ring is 1. The second-order valence-corrected chi connectivity index (χ2v) is 6.25. The molecule has 6 heteroatoms. The molecular formula is C13H18FN3OS. The minimum absolute atomic E-state index is 0.143. The summed E-state index contributed by atoms with van der Waals surface area (Å²) < 4.78 is 13.5. The van der Waals surface area contributed by atoms with E-state index in [-0.39, 0.29) is 11.6 Å². The molecule has 3 N–H and O–H groups in total. The van der Waals surface area contributed by atoms with E-state index in [1.165, 1.54) is 18.2 Å². The maximum atomic E-state index is 13.5. The number of nitrogens with two attached hydrogens (primary N) is 1. The highest BCUT2D eigenvalue weighted by Gasteiger charge is 2.19. The first-order valence-corrected chi connectivity index (χ1v) is 7.28. The third-order valence-corrected chi connectivity index (χ3v) is 4.09. The molecule has 1 aromatic carbocycles. The van der Waals surface area contributed by atoms with Crippen LogP contribution in [-0.2, 0) is 4.79 Å². The first-order valence-electron chi connectivity index (χ1n) is 6.23. The summed E-state index contributed by atoms with van der Waals surface area (Å²) in [6.07, 6.45) is 0. The molecule has 0 saturated carbocycles. The molecule has 4 nitrogen and oxygen atoms in total. The standard InChI is InChI=1S/C13H18FN3OS/c1-9-7-17(4-5-19-9)8-13(18)16-12-6-10(15)2-3-11(12)14/h2-3,6,9H,4-5,7-8,15H2,1H3,(H,16,18). The molecule has 1 amide bonds. The van der Waals surface area contributed by atoms with Crippen LogP contribution in [0.15, 0.2) is 18.2 Å². The van der Waals surface area contributed by atoms with Crippen LogP contribution in [0.4, 0.5) is 15.8 Å². The van der Waals surface area contributed by atoms with Gasteiger partial charge in [-0.1, -0.05) is 6.92 Å². The van der Waals surface area contributed by atoms with Gasteiger partial charge in [-0.2, -0.15) is 11.8 Å². The summed E-state index contributed by atoms with van der Waals surface area (Å²) >= 11 is 1.91. The Kier molecular flexibility index (Phi) is 4.66. The Morgan fingerprint density at radius 2 is 2.42 bits per heavy atom. The fourth-order valence-corrected chi connectivity index (χ4v) is 3.15. The first-order chi connectivity index (χ1) is 9.04. The van der Waals surface area contributed by atoms with Crippen LogP contribution in [0, 0.1) is 5.82 Å². The van der Waals surface area contributed by atoms with E-state index >= 15 is 0 Å². The van der Waals surface area contributed by atoms with E-state index in [2.05, 4.69) is 17.1 Å². The van der Waals surface area contributed by atoms with Crippen molar-refractivity contribution in [1.82, 2.24) is 4.90 Å². The van der Waals surface area contributed by atoms with E-state index in [1.807, 2.05) is 11.8 Å². The van der Waals surface area contributed by atoms with E-state index in [0.29, 0.717) is 17.5 Å². The normalized spacial score (nSPS) is 20.2. The number of carbonyl (C=O) groups excluding carboxylic acids is 1. The summed E-state index contributed by atoms with van der Waals surface area (Å²) in [5, 5.41) is 3.10. The third kappa shape index (κ3) is 4.11. The van der Waals surface area contributed by atoms with Gasteiger partial charge in [0.25, 0.3) is 0 Å². The lowest BCUT2D eigenvalue weighted by molar-refractivity contribution is -0.117. The highest BCUT2D eigenvalue weighted by molar-refractivity contribution is 7.99. The highest BCUT2D eigenvalue weighted by Crippen LogP contribution is 2.19. The number of thioether (sulfide) groups is 1. The Morgan fingerprint density at radius 3 is 3.16 bits per heavy atom. The number of benzene rings is 1. The lowest BCUT2D eigenvalue weighted by atomic mass is 10.2. The second kappa shape index (κ2) is 6.25. The smallest absolute Gasteiger partial charge is 0.238 e. The summed E-state index contributed by atoms with van der Waals surface area (Å²) in [7, 11) is 0. The molecule has 104 valence electrons. The fourth-order valence-electron chi connectivity index (χ4n) is 2.07. The van der Waals surface area contributed by atoms with Crippen molar-refractivity contribution < 1.29 is 9.18 Å². The van der Waals surface area contributed by atoms with Crippen molar-refractivity contribution in [1.29, 1.82) is 0 Å². The number of carbonyl (C=O) groups is 1. The van der Waals surface area contributed by atoms with Crippen molar-refractivity contribution >= 4 is 29.0 Å². The van der Waals surface area contributed by atoms with Crippen LogP contribution in [0.5, 0.6) is 0 Å². The lowest BCUT2D eigenvalue weighted by Crippen LogP contribution is -2.41. The van der Waals surface area contributed by atoms with Gasteiger partial charge in [-0.15, -0.1) is 0 Å². The lowest BCUT2D eigenvalue weighted by Gasteiger charge is -2.29. The summed E-state index contributed by atoms with van der Waals surface area (Å²) in [6.45, 7) is 4.21. The van der Waals surface area contributed by atoms with Crippen LogP contribution in [-0.4, -0.2) is 41.4 Å². The molecule has 1 aliphatic rings. The molecular weight excluding hydrogens is 265 g/mol. The molecule has 19 heavy (non-hydrogen) atoms. The second-order valence-electron chi connectivity index (χ2n) is 4.70. The predicted octanol–water partition coefficient (Wildman–Crippen LogP) is 1.78. The molecule has 1 aromatic rings. The average molecular weight is 283 g/mol. The molecule has 0 aromatic heterocycles. The molecule has 1 heterocycles. The van der Waals surface area contributed by atoms with Gasteiger partial charge in [0, 0.05) is 29.8 Å². The van der Waals surface area contributed by atoms with E-state index in [4.69, 9.17) is 5.73 Å². The highest BCUT2D eigenvalue weighted by atomic mass is 32.2. The van der Waals surface area contributed by atoms with Crippen LogP contribution >= 0.6 is 11.8 Å². The van der Waals surface area contributed by atoms with Crippen molar-refractivity contribution in [3.63, 3.8) is 0 Å². The van der Waals surface area contributed by atoms with Gasteiger partial charge in [-0.3, -0.25) is 9.69 Å². The Labute approximate surface area is 116 Å². The van der Waals surface area contributed by atoms with Gasteiger partial charge in [0.05, 0.1) is 12.2 Å². The Bertz CT molecular complexity index is 469. The number of nitrogens with zero attached hydrogens (tertiary/aromatic N) is 1. The SMILES string of the molecule is CC1CN(CC(=O)Nc2cc(N)ccc2F)CCS1. The van der Waals surface area contributed by atoms with Crippen molar-refractivity contribution in [3.8, 4) is 0 Å². The number of nitrogens with one attached hydrogen (secondary N) is 1. The van der Waals surface area contributed by atoms with Crippen LogP contribution in [0.25, 0.3) is 0 Å². The molecule has 1 fully saturated rings. The van der Waals surface area contributed by atoms with Gasteiger partial charge in [0.15, 0.2) is 0 Å². The van der Waals surface area contributed by atoms with E-state index < -0.39 is 5.82 Å². The summed E-state index contributed by atoms with van der Waals surface area (Å²) in [6, 6.07) is 4.15. The molecule has 1 atom stereocenters. The van der Waals surface area contributed by atoms with Gasteiger partial charge in [0.2, 0.25) is 5.91 Å². The van der Waals surface area contributed by atoms with Gasteiger partial charge in [0.1, 0.15) is 5.82 Å². The third-order valence-electron chi connectivity index (χ3n) is 2.96. The van der Waals surface area contributed by atoms with Gasteiger partial charge >= 0.3 is 0 Å². The number of rotatable bonds is 3. The molecule has 0 aliphatic carbocycles. The first kappa shape index (κ1) is 14.1. The van der Waals surface area contributed by atoms with Crippen molar-refractivity contribution in [2.45, 2.75) is 12.2 Å². The van der Waals surface area contributed by atoms with Crippen LogP contribution in [0.1, 0.15) is 6.92 Å². The summed E-state index contributed by atoms with van der Waals surface area (Å²) in [4.78, 5) is 14.0. The Hall–Kier alpha value is -1.27. The van der Waals surface area contributed by atoms with Gasteiger partial charge in [-0.25, -0.2) is 4.39 Å². The largest absolute Gasteiger partial charge is 0.399 e. The minimum atomic E-state index is -0.467. The maximum absolute atomic E-state index is 13.5. The molecule has 1 aliphatic heterocycles. The Balaban J connectivity index is 1.92. The monoisotopic (exact) mass is 283 g/mol. The molecule has 0 radical (unpaired) electrons. The molecule has 1 saturated heterocycles. The zero-order valence-corrected chi connectivity index (χ0v) is 11.7. The molecule has 0 bridgehead atoms. The molecule has 2 rings (SSSR count). The fraction of sp³-hybridized carbons (Fsp3) is 0.462. The summed E-state index contributed by atoms with van der Waals surface area (Å²) in [5.74, 6) is 0.356. The van der Waals surface area contributed by atoms with Gasteiger partial charge < -0.3 is 11.1 Å². The zero-order valence-electron chi connectivity index (χ0n) is 10.9.